The summed E-state index contributed by atoms with van der Waals surface area (Å²) in [5.74, 6) is 2.57. The molecule has 4 aliphatic rings. The summed E-state index contributed by atoms with van der Waals surface area (Å²) in [5.41, 5.74) is 9.55. The van der Waals surface area contributed by atoms with Gasteiger partial charge in [-0.3, -0.25) is 0 Å². The minimum atomic E-state index is 0.351. The molecular formula is C19H31N. The van der Waals surface area contributed by atoms with Crippen molar-refractivity contribution in [2.24, 2.45) is 34.3 Å². The first-order valence-corrected chi connectivity index (χ1v) is 9.01. The number of rotatable bonds is 0. The van der Waals surface area contributed by atoms with Crippen molar-refractivity contribution >= 4 is 0 Å². The van der Waals surface area contributed by atoms with Crippen LogP contribution in [0.4, 0.5) is 0 Å². The summed E-state index contributed by atoms with van der Waals surface area (Å²) in [6.45, 7) is 5.15. The predicted octanol–water partition coefficient (Wildman–Crippen LogP) is 4.67. The lowest BCUT2D eigenvalue weighted by Gasteiger charge is -2.58. The Morgan fingerprint density at radius 2 is 1.85 bits per heavy atom. The molecule has 2 N–H and O–H groups in total. The van der Waals surface area contributed by atoms with Crippen molar-refractivity contribution in [2.45, 2.75) is 77.7 Å². The molecule has 1 nitrogen and oxygen atoms in total. The Balaban J connectivity index is 1.75. The fourth-order valence-electron chi connectivity index (χ4n) is 6.76. The summed E-state index contributed by atoms with van der Waals surface area (Å²) >= 11 is 0. The molecule has 0 aromatic rings. The lowest BCUT2D eigenvalue weighted by atomic mass is 9.47. The van der Waals surface area contributed by atoms with Gasteiger partial charge in [0.2, 0.25) is 0 Å². The summed E-state index contributed by atoms with van der Waals surface area (Å²) in [5, 5.41) is 0. The van der Waals surface area contributed by atoms with Crippen LogP contribution >= 0.6 is 0 Å². The van der Waals surface area contributed by atoms with Gasteiger partial charge in [-0.1, -0.05) is 38.3 Å². The Labute approximate surface area is 124 Å². The second-order valence-corrected chi connectivity index (χ2v) is 8.77. The average Bonchev–Trinajstić information content (AvgIpc) is 2.81. The highest BCUT2D eigenvalue weighted by Crippen LogP contribution is 2.64. The maximum atomic E-state index is 6.69. The van der Waals surface area contributed by atoms with E-state index in [-0.39, 0.29) is 0 Å². The summed E-state index contributed by atoms with van der Waals surface area (Å²) in [6.07, 6.45) is 15.4. The van der Waals surface area contributed by atoms with Crippen LogP contribution in [0.2, 0.25) is 0 Å². The Morgan fingerprint density at radius 1 is 1.00 bits per heavy atom. The van der Waals surface area contributed by atoms with Crippen molar-refractivity contribution in [2.75, 3.05) is 0 Å². The molecule has 112 valence electrons. The molecule has 0 saturated heterocycles. The van der Waals surface area contributed by atoms with Crippen molar-refractivity contribution in [3.05, 3.63) is 11.6 Å². The first-order valence-electron chi connectivity index (χ1n) is 9.01. The molecule has 0 aromatic heterocycles. The van der Waals surface area contributed by atoms with E-state index in [1.807, 2.05) is 0 Å². The predicted molar refractivity (Wildman–Crippen MR) is 84.3 cm³/mol. The Hall–Kier alpha value is -0.300. The summed E-state index contributed by atoms with van der Waals surface area (Å²) in [4.78, 5) is 0. The molecule has 0 heterocycles. The van der Waals surface area contributed by atoms with E-state index >= 15 is 0 Å². The van der Waals surface area contributed by atoms with Crippen molar-refractivity contribution in [1.82, 2.24) is 0 Å². The van der Waals surface area contributed by atoms with Gasteiger partial charge in [0, 0.05) is 6.04 Å². The SMILES string of the molecule is C[C@@]12CCC[C@H]1[C@@H]1C(N)C=C3CCCC[C@]3(C)[C@@H]1CC2. The molecule has 0 aromatic carbocycles. The van der Waals surface area contributed by atoms with Crippen LogP contribution in [0.15, 0.2) is 11.6 Å². The molecule has 4 aliphatic carbocycles. The largest absolute Gasteiger partial charge is 0.324 e. The van der Waals surface area contributed by atoms with Gasteiger partial charge in [0.15, 0.2) is 0 Å². The van der Waals surface area contributed by atoms with Crippen molar-refractivity contribution in [3.8, 4) is 0 Å². The first kappa shape index (κ1) is 13.4. The first-order chi connectivity index (χ1) is 9.55. The van der Waals surface area contributed by atoms with Gasteiger partial charge < -0.3 is 5.73 Å². The second-order valence-electron chi connectivity index (χ2n) is 8.77. The van der Waals surface area contributed by atoms with E-state index in [2.05, 4.69) is 19.9 Å². The van der Waals surface area contributed by atoms with Gasteiger partial charge in [0.25, 0.3) is 0 Å². The van der Waals surface area contributed by atoms with Crippen LogP contribution in [-0.2, 0) is 0 Å². The normalized spacial score (nSPS) is 54.6. The number of hydrogen-bond acceptors (Lipinski definition) is 1. The van der Waals surface area contributed by atoms with E-state index < -0.39 is 0 Å². The molecule has 1 unspecified atom stereocenters. The van der Waals surface area contributed by atoms with E-state index in [1.165, 1.54) is 57.8 Å². The summed E-state index contributed by atoms with van der Waals surface area (Å²) < 4.78 is 0. The van der Waals surface area contributed by atoms with Crippen LogP contribution in [0.3, 0.4) is 0 Å². The molecule has 4 rings (SSSR count). The minimum Gasteiger partial charge on any atom is -0.324 e. The van der Waals surface area contributed by atoms with Crippen molar-refractivity contribution < 1.29 is 0 Å². The molecule has 20 heavy (non-hydrogen) atoms. The Bertz CT molecular complexity index is 439. The van der Waals surface area contributed by atoms with E-state index in [0.29, 0.717) is 16.9 Å². The fourth-order valence-corrected chi connectivity index (χ4v) is 6.76. The third kappa shape index (κ3) is 1.65. The minimum absolute atomic E-state index is 0.351. The highest BCUT2D eigenvalue weighted by molar-refractivity contribution is 5.27. The molecule has 0 bridgehead atoms. The van der Waals surface area contributed by atoms with Crippen molar-refractivity contribution in [1.29, 1.82) is 0 Å². The average molecular weight is 273 g/mol. The smallest absolute Gasteiger partial charge is 0.0261 e. The Morgan fingerprint density at radius 3 is 2.70 bits per heavy atom. The third-order valence-corrected chi connectivity index (χ3v) is 7.90. The van der Waals surface area contributed by atoms with Crippen LogP contribution in [-0.4, -0.2) is 6.04 Å². The maximum Gasteiger partial charge on any atom is 0.0261 e. The lowest BCUT2D eigenvalue weighted by molar-refractivity contribution is -0.0326. The molecule has 3 fully saturated rings. The number of hydrogen-bond donors (Lipinski definition) is 1. The maximum absolute atomic E-state index is 6.69. The van der Waals surface area contributed by atoms with E-state index in [0.717, 1.165) is 17.8 Å². The monoisotopic (exact) mass is 273 g/mol. The van der Waals surface area contributed by atoms with Gasteiger partial charge >= 0.3 is 0 Å². The number of allylic oxidation sites excluding steroid dienone is 1. The zero-order valence-electron chi connectivity index (χ0n) is 13.3. The highest BCUT2D eigenvalue weighted by Gasteiger charge is 2.57. The van der Waals surface area contributed by atoms with Crippen molar-refractivity contribution in [3.63, 3.8) is 0 Å². The van der Waals surface area contributed by atoms with Gasteiger partial charge in [0.1, 0.15) is 0 Å². The summed E-state index contributed by atoms with van der Waals surface area (Å²) in [6, 6.07) is 0.351. The van der Waals surface area contributed by atoms with Crippen LogP contribution in [0, 0.1) is 28.6 Å². The topological polar surface area (TPSA) is 26.0 Å². The van der Waals surface area contributed by atoms with Crippen LogP contribution in [0.5, 0.6) is 0 Å². The van der Waals surface area contributed by atoms with E-state index in [4.69, 9.17) is 5.73 Å². The molecular weight excluding hydrogens is 242 g/mol. The van der Waals surface area contributed by atoms with Crippen LogP contribution in [0.25, 0.3) is 0 Å². The third-order valence-electron chi connectivity index (χ3n) is 7.90. The zero-order chi connectivity index (χ0) is 14.0. The van der Waals surface area contributed by atoms with Gasteiger partial charge in [-0.2, -0.15) is 0 Å². The second kappa shape index (κ2) is 4.35. The molecule has 3 saturated carbocycles. The fraction of sp³-hybridized carbons (Fsp3) is 0.895. The molecule has 0 aliphatic heterocycles. The molecule has 0 radical (unpaired) electrons. The van der Waals surface area contributed by atoms with Gasteiger partial charge in [-0.05, 0) is 73.5 Å². The highest BCUT2D eigenvalue weighted by atomic mass is 14.7. The molecule has 6 atom stereocenters. The quantitative estimate of drug-likeness (QED) is 0.638. The number of fused-ring (bicyclic) bond motifs is 5. The van der Waals surface area contributed by atoms with Gasteiger partial charge in [-0.15, -0.1) is 0 Å². The van der Waals surface area contributed by atoms with Gasteiger partial charge in [0.05, 0.1) is 0 Å². The van der Waals surface area contributed by atoms with Crippen LogP contribution in [0.1, 0.15) is 71.6 Å². The number of nitrogens with two attached hydrogens (primary N) is 1. The summed E-state index contributed by atoms with van der Waals surface area (Å²) in [7, 11) is 0. The molecule has 0 spiro atoms. The van der Waals surface area contributed by atoms with Crippen LogP contribution < -0.4 is 5.73 Å². The van der Waals surface area contributed by atoms with E-state index in [1.54, 1.807) is 5.57 Å². The standard InChI is InChI=1S/C19H31N/c1-18-9-5-7-14(18)17-15(8-11-18)19(2)10-4-3-6-13(19)12-16(17)20/h12,14-17H,3-11,20H2,1-2H3/t14-,15+,16?,17-,18-,19-/m0/s1. The Kier molecular flexibility index (Phi) is 2.91. The molecule has 0 amide bonds. The van der Waals surface area contributed by atoms with E-state index in [9.17, 15) is 0 Å². The molecule has 1 heteroatoms. The lowest BCUT2D eigenvalue weighted by Crippen LogP contribution is -2.55. The zero-order valence-corrected chi connectivity index (χ0v) is 13.3. The van der Waals surface area contributed by atoms with Gasteiger partial charge in [-0.25, -0.2) is 0 Å².